The molecule has 2 aromatic heterocycles. The van der Waals surface area contributed by atoms with Gasteiger partial charge in [-0.1, -0.05) is 47.5 Å². The Morgan fingerprint density at radius 2 is 1.64 bits per heavy atom. The summed E-state index contributed by atoms with van der Waals surface area (Å²) in [6.07, 6.45) is 0.996. The van der Waals surface area contributed by atoms with E-state index in [1.54, 1.807) is 12.1 Å². The molecule has 4 rings (SSSR count). The number of aromatic nitrogens is 4. The normalized spacial score (nSPS) is 11.1. The average Bonchev–Trinajstić information content (AvgIpc) is 3.24. The summed E-state index contributed by atoms with van der Waals surface area (Å²) in [6.45, 7) is 4.04. The highest BCUT2D eigenvalue weighted by molar-refractivity contribution is 6.35. The minimum absolute atomic E-state index is 0.463. The third kappa shape index (κ3) is 3.81. The molecule has 2 heterocycles. The standard InChI is InChI=1S/C21H18Cl2N4O/c1-13-18(14(2)27(26-13)17-6-4-3-5-7-17)12-21-25-24-20(28-21)10-15-8-9-16(22)11-19(15)23/h3-9,11H,10,12H2,1-2H3. The molecule has 0 spiro atoms. The molecule has 0 bridgehead atoms. The summed E-state index contributed by atoms with van der Waals surface area (Å²) < 4.78 is 7.79. The molecule has 2 aromatic carbocycles. The van der Waals surface area contributed by atoms with Gasteiger partial charge in [0.1, 0.15) is 0 Å². The lowest BCUT2D eigenvalue weighted by atomic mass is 10.1. The van der Waals surface area contributed by atoms with Crippen molar-refractivity contribution in [3.63, 3.8) is 0 Å². The van der Waals surface area contributed by atoms with Gasteiger partial charge in [0.05, 0.1) is 24.2 Å². The molecular formula is C21H18Cl2N4O. The lowest BCUT2D eigenvalue weighted by Gasteiger charge is -2.04. The largest absolute Gasteiger partial charge is 0.425 e. The van der Waals surface area contributed by atoms with Crippen LogP contribution in [0.2, 0.25) is 10.0 Å². The van der Waals surface area contributed by atoms with E-state index >= 15 is 0 Å². The molecule has 0 unspecified atom stereocenters. The first kappa shape index (κ1) is 18.7. The number of halogens is 2. The van der Waals surface area contributed by atoms with Crippen LogP contribution in [0.25, 0.3) is 5.69 Å². The fraction of sp³-hybridized carbons (Fsp3) is 0.190. The molecule has 4 aromatic rings. The fourth-order valence-corrected chi connectivity index (χ4v) is 3.64. The lowest BCUT2D eigenvalue weighted by molar-refractivity contribution is 0.466. The van der Waals surface area contributed by atoms with Gasteiger partial charge in [0.15, 0.2) is 0 Å². The molecule has 0 aliphatic carbocycles. The van der Waals surface area contributed by atoms with Crippen molar-refractivity contribution < 1.29 is 4.42 Å². The molecule has 0 N–H and O–H groups in total. The molecule has 0 aliphatic rings. The van der Waals surface area contributed by atoms with E-state index in [2.05, 4.69) is 15.3 Å². The van der Waals surface area contributed by atoms with Crippen LogP contribution in [0.3, 0.4) is 0 Å². The van der Waals surface area contributed by atoms with Crippen LogP contribution in [0.15, 0.2) is 52.9 Å². The van der Waals surface area contributed by atoms with E-state index in [1.165, 1.54) is 0 Å². The first-order valence-corrected chi connectivity index (χ1v) is 9.62. The Bertz CT molecular complexity index is 1120. The van der Waals surface area contributed by atoms with Gasteiger partial charge < -0.3 is 4.42 Å². The topological polar surface area (TPSA) is 56.7 Å². The van der Waals surface area contributed by atoms with Crippen LogP contribution in [-0.4, -0.2) is 20.0 Å². The minimum atomic E-state index is 0.463. The number of rotatable bonds is 5. The average molecular weight is 413 g/mol. The zero-order valence-corrected chi connectivity index (χ0v) is 17.0. The van der Waals surface area contributed by atoms with E-state index in [1.807, 2.05) is 54.9 Å². The number of nitrogens with zero attached hydrogens (tertiary/aromatic N) is 4. The van der Waals surface area contributed by atoms with Crippen LogP contribution < -0.4 is 0 Å². The maximum absolute atomic E-state index is 6.23. The number of benzene rings is 2. The van der Waals surface area contributed by atoms with E-state index in [9.17, 15) is 0 Å². The van der Waals surface area contributed by atoms with Gasteiger partial charge in [0.2, 0.25) is 11.8 Å². The summed E-state index contributed by atoms with van der Waals surface area (Å²) in [5.74, 6) is 1.07. The number of hydrogen-bond donors (Lipinski definition) is 0. The second-order valence-corrected chi connectivity index (χ2v) is 7.42. The van der Waals surface area contributed by atoms with Gasteiger partial charge in [0.25, 0.3) is 0 Å². The van der Waals surface area contributed by atoms with Crippen molar-refractivity contribution in [1.29, 1.82) is 0 Å². The zero-order valence-electron chi connectivity index (χ0n) is 15.5. The Kier molecular flexibility index (Phi) is 5.20. The number of hydrogen-bond acceptors (Lipinski definition) is 4. The van der Waals surface area contributed by atoms with Crippen molar-refractivity contribution in [2.75, 3.05) is 0 Å². The van der Waals surface area contributed by atoms with E-state index in [0.717, 1.165) is 28.2 Å². The van der Waals surface area contributed by atoms with Gasteiger partial charge in [-0.2, -0.15) is 5.10 Å². The summed E-state index contributed by atoms with van der Waals surface area (Å²) in [5.41, 5.74) is 5.01. The van der Waals surface area contributed by atoms with Crippen molar-refractivity contribution in [1.82, 2.24) is 20.0 Å². The van der Waals surface area contributed by atoms with Crippen LogP contribution >= 0.6 is 23.2 Å². The first-order valence-electron chi connectivity index (χ1n) is 8.87. The Morgan fingerprint density at radius 1 is 0.929 bits per heavy atom. The molecule has 5 nitrogen and oxygen atoms in total. The Labute approximate surface area is 172 Å². The lowest BCUT2D eigenvalue weighted by Crippen LogP contribution is -1.99. The molecule has 0 radical (unpaired) electrons. The second kappa shape index (κ2) is 7.78. The highest BCUT2D eigenvalue weighted by atomic mass is 35.5. The molecule has 0 aliphatic heterocycles. The molecular weight excluding hydrogens is 395 g/mol. The van der Waals surface area contributed by atoms with E-state index in [-0.39, 0.29) is 0 Å². The highest BCUT2D eigenvalue weighted by Crippen LogP contribution is 2.24. The van der Waals surface area contributed by atoms with Crippen molar-refractivity contribution in [2.45, 2.75) is 26.7 Å². The van der Waals surface area contributed by atoms with Crippen molar-refractivity contribution in [3.05, 3.63) is 92.9 Å². The van der Waals surface area contributed by atoms with Crippen LogP contribution in [0, 0.1) is 13.8 Å². The van der Waals surface area contributed by atoms with Gasteiger partial charge in [-0.15, -0.1) is 10.2 Å². The molecule has 0 fully saturated rings. The highest BCUT2D eigenvalue weighted by Gasteiger charge is 2.17. The molecule has 0 saturated heterocycles. The second-order valence-electron chi connectivity index (χ2n) is 6.58. The molecule has 7 heteroatoms. The zero-order chi connectivity index (χ0) is 19.7. The molecule has 0 saturated carbocycles. The van der Waals surface area contributed by atoms with E-state index in [4.69, 9.17) is 27.6 Å². The SMILES string of the molecule is Cc1nn(-c2ccccc2)c(C)c1Cc1nnc(Cc2ccc(Cl)cc2Cl)o1. The first-order chi connectivity index (χ1) is 13.5. The predicted molar refractivity (Wildman–Crippen MR) is 109 cm³/mol. The summed E-state index contributed by atoms with van der Waals surface area (Å²) in [5, 5.41) is 14.2. The summed E-state index contributed by atoms with van der Waals surface area (Å²) >= 11 is 12.2. The van der Waals surface area contributed by atoms with Gasteiger partial charge in [-0.05, 0) is 43.7 Å². The van der Waals surface area contributed by atoms with Crippen LogP contribution in [0.4, 0.5) is 0 Å². The summed E-state index contributed by atoms with van der Waals surface area (Å²) in [6, 6.07) is 15.4. The van der Waals surface area contributed by atoms with Crippen LogP contribution in [-0.2, 0) is 12.8 Å². The molecule has 142 valence electrons. The smallest absolute Gasteiger partial charge is 0.221 e. The van der Waals surface area contributed by atoms with Gasteiger partial charge >= 0.3 is 0 Å². The predicted octanol–water partition coefficient (Wildman–Crippen LogP) is 5.36. The maximum Gasteiger partial charge on any atom is 0.221 e. The third-order valence-electron chi connectivity index (χ3n) is 4.64. The monoisotopic (exact) mass is 412 g/mol. The quantitative estimate of drug-likeness (QED) is 0.442. The van der Waals surface area contributed by atoms with Crippen LogP contribution in [0.5, 0.6) is 0 Å². The third-order valence-corrected chi connectivity index (χ3v) is 5.22. The Hall–Kier alpha value is -2.63. The maximum atomic E-state index is 6.23. The van der Waals surface area contributed by atoms with Gasteiger partial charge in [-0.3, -0.25) is 0 Å². The minimum Gasteiger partial charge on any atom is -0.425 e. The Balaban J connectivity index is 1.55. The fourth-order valence-electron chi connectivity index (χ4n) is 3.16. The molecule has 28 heavy (non-hydrogen) atoms. The van der Waals surface area contributed by atoms with Crippen molar-refractivity contribution >= 4 is 23.2 Å². The Morgan fingerprint density at radius 3 is 2.36 bits per heavy atom. The number of para-hydroxylation sites is 1. The van der Waals surface area contributed by atoms with E-state index in [0.29, 0.717) is 34.7 Å². The van der Waals surface area contributed by atoms with Crippen molar-refractivity contribution in [3.8, 4) is 5.69 Å². The van der Waals surface area contributed by atoms with Gasteiger partial charge in [0, 0.05) is 21.3 Å². The summed E-state index contributed by atoms with van der Waals surface area (Å²) in [7, 11) is 0. The van der Waals surface area contributed by atoms with Crippen LogP contribution in [0.1, 0.15) is 34.3 Å². The van der Waals surface area contributed by atoms with E-state index < -0.39 is 0 Å². The van der Waals surface area contributed by atoms with Crippen molar-refractivity contribution in [2.24, 2.45) is 0 Å². The van der Waals surface area contributed by atoms with Gasteiger partial charge in [-0.25, -0.2) is 4.68 Å². The summed E-state index contributed by atoms with van der Waals surface area (Å²) in [4.78, 5) is 0. The molecule has 0 atom stereocenters. The number of aryl methyl sites for hydroxylation is 1. The molecule has 0 amide bonds.